The van der Waals surface area contributed by atoms with E-state index in [1.165, 1.54) is 5.56 Å². The summed E-state index contributed by atoms with van der Waals surface area (Å²) in [6.45, 7) is 4.89. The minimum atomic E-state index is -0.0843. The molecule has 0 heterocycles. The van der Waals surface area contributed by atoms with Gasteiger partial charge in [0.25, 0.3) is 5.91 Å². The van der Waals surface area contributed by atoms with Gasteiger partial charge in [0.2, 0.25) is 0 Å². The summed E-state index contributed by atoms with van der Waals surface area (Å²) in [6.07, 6.45) is 0. The first-order chi connectivity index (χ1) is 10.1. The first-order valence-electron chi connectivity index (χ1n) is 6.90. The van der Waals surface area contributed by atoms with E-state index in [4.69, 9.17) is 10.5 Å². The van der Waals surface area contributed by atoms with E-state index in [0.29, 0.717) is 24.4 Å². The smallest absolute Gasteiger partial charge is 0.251 e. The van der Waals surface area contributed by atoms with Crippen LogP contribution in [0.5, 0.6) is 5.75 Å². The zero-order valence-corrected chi connectivity index (χ0v) is 12.3. The molecular weight excluding hydrogens is 264 g/mol. The highest BCUT2D eigenvalue weighted by molar-refractivity contribution is 5.94. The maximum Gasteiger partial charge on any atom is 0.251 e. The van der Waals surface area contributed by atoms with Gasteiger partial charge >= 0.3 is 0 Å². The lowest BCUT2D eigenvalue weighted by Gasteiger charge is -2.09. The van der Waals surface area contributed by atoms with E-state index in [2.05, 4.69) is 5.32 Å². The van der Waals surface area contributed by atoms with Crippen LogP contribution in [0.2, 0.25) is 0 Å². The second-order valence-electron chi connectivity index (χ2n) is 4.97. The number of hydrogen-bond donors (Lipinski definition) is 2. The predicted molar refractivity (Wildman–Crippen MR) is 84.6 cm³/mol. The van der Waals surface area contributed by atoms with Crippen molar-refractivity contribution in [3.05, 3.63) is 59.2 Å². The molecule has 4 heteroatoms. The van der Waals surface area contributed by atoms with E-state index in [-0.39, 0.29) is 5.91 Å². The standard InChI is InChI=1S/C17H20N2O2/c1-12-3-4-14(11-13(12)2)17(20)19-9-10-21-16-7-5-15(18)6-8-16/h3-8,11H,9-10,18H2,1-2H3,(H,19,20). The third-order valence-corrected chi connectivity index (χ3v) is 3.31. The van der Waals surface area contributed by atoms with E-state index in [0.717, 1.165) is 11.3 Å². The SMILES string of the molecule is Cc1ccc(C(=O)NCCOc2ccc(N)cc2)cc1C. The molecule has 2 rings (SSSR count). The van der Waals surface area contributed by atoms with E-state index in [1.807, 2.05) is 32.0 Å². The molecule has 0 radical (unpaired) electrons. The molecule has 3 N–H and O–H groups in total. The predicted octanol–water partition coefficient (Wildman–Crippen LogP) is 2.69. The first kappa shape index (κ1) is 14.9. The summed E-state index contributed by atoms with van der Waals surface area (Å²) >= 11 is 0. The van der Waals surface area contributed by atoms with Crippen molar-refractivity contribution in [1.29, 1.82) is 0 Å². The number of hydrogen-bond acceptors (Lipinski definition) is 3. The number of ether oxygens (including phenoxy) is 1. The highest BCUT2D eigenvalue weighted by Gasteiger charge is 2.05. The van der Waals surface area contributed by atoms with Crippen molar-refractivity contribution in [2.75, 3.05) is 18.9 Å². The number of amides is 1. The highest BCUT2D eigenvalue weighted by atomic mass is 16.5. The number of anilines is 1. The molecule has 110 valence electrons. The topological polar surface area (TPSA) is 64.3 Å². The highest BCUT2D eigenvalue weighted by Crippen LogP contribution is 2.12. The maximum atomic E-state index is 12.0. The zero-order chi connectivity index (χ0) is 15.2. The summed E-state index contributed by atoms with van der Waals surface area (Å²) in [5.74, 6) is 0.656. The van der Waals surface area contributed by atoms with Gasteiger partial charge in [-0.25, -0.2) is 0 Å². The van der Waals surface area contributed by atoms with Crippen molar-refractivity contribution in [3.8, 4) is 5.75 Å². The molecule has 4 nitrogen and oxygen atoms in total. The second-order valence-corrected chi connectivity index (χ2v) is 4.97. The van der Waals surface area contributed by atoms with Gasteiger partial charge in [0.05, 0.1) is 6.54 Å². The van der Waals surface area contributed by atoms with Crippen LogP contribution in [0.15, 0.2) is 42.5 Å². The van der Waals surface area contributed by atoms with Gasteiger partial charge in [-0.3, -0.25) is 4.79 Å². The Balaban J connectivity index is 1.79. The summed E-state index contributed by atoms with van der Waals surface area (Å²) in [4.78, 5) is 12.0. The van der Waals surface area contributed by atoms with E-state index >= 15 is 0 Å². The number of aryl methyl sites for hydroxylation is 2. The fraction of sp³-hybridized carbons (Fsp3) is 0.235. The van der Waals surface area contributed by atoms with Crippen molar-refractivity contribution in [2.45, 2.75) is 13.8 Å². The largest absolute Gasteiger partial charge is 0.492 e. The van der Waals surface area contributed by atoms with Gasteiger partial charge in [-0.05, 0) is 61.4 Å². The number of nitrogen functional groups attached to an aromatic ring is 1. The summed E-state index contributed by atoms with van der Waals surface area (Å²) in [6, 6.07) is 12.9. The van der Waals surface area contributed by atoms with Crippen molar-refractivity contribution in [3.63, 3.8) is 0 Å². The molecule has 0 bridgehead atoms. The Hall–Kier alpha value is -2.49. The molecule has 0 atom stereocenters. The fourth-order valence-corrected chi connectivity index (χ4v) is 1.88. The Morgan fingerprint density at radius 2 is 1.81 bits per heavy atom. The normalized spacial score (nSPS) is 10.2. The third kappa shape index (κ3) is 4.24. The Bertz CT molecular complexity index is 621. The van der Waals surface area contributed by atoms with Crippen molar-refractivity contribution >= 4 is 11.6 Å². The van der Waals surface area contributed by atoms with Crippen LogP contribution < -0.4 is 15.8 Å². The molecule has 0 saturated heterocycles. The van der Waals surface area contributed by atoms with Gasteiger partial charge in [0, 0.05) is 11.3 Å². The molecule has 1 amide bonds. The molecule has 0 aliphatic rings. The molecule has 0 aliphatic carbocycles. The van der Waals surface area contributed by atoms with Crippen LogP contribution >= 0.6 is 0 Å². The Morgan fingerprint density at radius 1 is 1.10 bits per heavy atom. The van der Waals surface area contributed by atoms with E-state index in [9.17, 15) is 4.79 Å². The lowest BCUT2D eigenvalue weighted by atomic mass is 10.1. The number of nitrogens with one attached hydrogen (secondary N) is 1. The molecule has 0 fully saturated rings. The lowest BCUT2D eigenvalue weighted by Crippen LogP contribution is -2.28. The quantitative estimate of drug-likeness (QED) is 0.655. The van der Waals surface area contributed by atoms with Gasteiger partial charge in [-0.2, -0.15) is 0 Å². The first-order valence-corrected chi connectivity index (χ1v) is 6.90. The summed E-state index contributed by atoms with van der Waals surface area (Å²) in [5, 5.41) is 2.84. The van der Waals surface area contributed by atoms with Gasteiger partial charge < -0.3 is 15.8 Å². The number of benzene rings is 2. The van der Waals surface area contributed by atoms with Gasteiger partial charge in [0.15, 0.2) is 0 Å². The fourth-order valence-electron chi connectivity index (χ4n) is 1.88. The average molecular weight is 284 g/mol. The van der Waals surface area contributed by atoms with Gasteiger partial charge in [-0.1, -0.05) is 6.07 Å². The Morgan fingerprint density at radius 3 is 2.48 bits per heavy atom. The molecule has 0 saturated carbocycles. The van der Waals surface area contributed by atoms with Crippen LogP contribution in [0.1, 0.15) is 21.5 Å². The molecule has 21 heavy (non-hydrogen) atoms. The number of nitrogens with two attached hydrogens (primary N) is 1. The molecule has 0 spiro atoms. The van der Waals surface area contributed by atoms with Crippen LogP contribution in [-0.4, -0.2) is 19.1 Å². The maximum absolute atomic E-state index is 12.0. The zero-order valence-electron chi connectivity index (χ0n) is 12.3. The lowest BCUT2D eigenvalue weighted by molar-refractivity contribution is 0.0947. The number of rotatable bonds is 5. The van der Waals surface area contributed by atoms with Crippen LogP contribution in [0.3, 0.4) is 0 Å². The van der Waals surface area contributed by atoms with Crippen molar-refractivity contribution in [2.24, 2.45) is 0 Å². The van der Waals surface area contributed by atoms with E-state index < -0.39 is 0 Å². The molecule has 2 aromatic carbocycles. The second kappa shape index (κ2) is 6.79. The summed E-state index contributed by atoms with van der Waals surface area (Å²) in [7, 11) is 0. The van der Waals surface area contributed by atoms with Crippen molar-refractivity contribution in [1.82, 2.24) is 5.32 Å². The minimum absolute atomic E-state index is 0.0843. The molecule has 0 unspecified atom stereocenters. The van der Waals surface area contributed by atoms with Gasteiger partial charge in [0.1, 0.15) is 12.4 Å². The third-order valence-electron chi connectivity index (χ3n) is 3.31. The van der Waals surface area contributed by atoms with Crippen molar-refractivity contribution < 1.29 is 9.53 Å². The summed E-state index contributed by atoms with van der Waals surface area (Å²) in [5.41, 5.74) is 9.26. The average Bonchev–Trinajstić information content (AvgIpc) is 2.48. The van der Waals surface area contributed by atoms with Crippen LogP contribution in [0.25, 0.3) is 0 Å². The van der Waals surface area contributed by atoms with Crippen LogP contribution in [0, 0.1) is 13.8 Å². The molecule has 2 aromatic rings. The summed E-state index contributed by atoms with van der Waals surface area (Å²) < 4.78 is 5.52. The van der Waals surface area contributed by atoms with Gasteiger partial charge in [-0.15, -0.1) is 0 Å². The number of carbonyl (C=O) groups excluding carboxylic acids is 1. The molecule has 0 aliphatic heterocycles. The van der Waals surface area contributed by atoms with Crippen LogP contribution in [-0.2, 0) is 0 Å². The van der Waals surface area contributed by atoms with Crippen LogP contribution in [0.4, 0.5) is 5.69 Å². The Labute approximate surface area is 124 Å². The Kier molecular flexibility index (Phi) is 4.82. The molecular formula is C17H20N2O2. The van der Waals surface area contributed by atoms with E-state index in [1.54, 1.807) is 24.3 Å². The monoisotopic (exact) mass is 284 g/mol. The minimum Gasteiger partial charge on any atom is -0.492 e. The number of carbonyl (C=O) groups is 1. The molecule has 0 aromatic heterocycles.